The van der Waals surface area contributed by atoms with Crippen LogP contribution in [-0.2, 0) is 11.3 Å². The second kappa shape index (κ2) is 4.57. The van der Waals surface area contributed by atoms with E-state index in [1.807, 2.05) is 6.92 Å². The lowest BCUT2D eigenvalue weighted by molar-refractivity contribution is -0.126. The lowest BCUT2D eigenvalue weighted by Gasteiger charge is -2.21. The maximum Gasteiger partial charge on any atom is 0.224 e. The maximum absolute atomic E-state index is 13.2. The number of rotatable bonds is 3. The van der Waals surface area contributed by atoms with Crippen LogP contribution in [0.1, 0.15) is 18.9 Å². The molecule has 18 heavy (non-hydrogen) atoms. The van der Waals surface area contributed by atoms with Crippen LogP contribution in [0, 0.1) is 11.2 Å². The third-order valence-electron chi connectivity index (χ3n) is 3.57. The fraction of sp³-hybridized carbons (Fsp3) is 0.462. The van der Waals surface area contributed by atoms with Crippen molar-refractivity contribution in [2.45, 2.75) is 19.9 Å². The van der Waals surface area contributed by atoms with Gasteiger partial charge in [0.25, 0.3) is 0 Å². The highest BCUT2D eigenvalue weighted by molar-refractivity contribution is 5.81. The summed E-state index contributed by atoms with van der Waals surface area (Å²) in [5.74, 6) is -1.26. The average Bonchev–Trinajstić information content (AvgIpc) is 2.67. The monoisotopic (exact) mass is 252 g/mol. The van der Waals surface area contributed by atoms with Crippen molar-refractivity contribution in [3.63, 3.8) is 0 Å². The molecule has 1 saturated heterocycles. The minimum atomic E-state index is -0.621. The van der Waals surface area contributed by atoms with Crippen LogP contribution in [0.15, 0.2) is 18.2 Å². The minimum Gasteiger partial charge on any atom is -0.505 e. The zero-order valence-corrected chi connectivity index (χ0v) is 10.3. The number of hydrogen-bond acceptors (Lipinski definition) is 3. The fourth-order valence-corrected chi connectivity index (χ4v) is 2.30. The van der Waals surface area contributed by atoms with Gasteiger partial charge < -0.3 is 10.8 Å². The highest BCUT2D eigenvalue weighted by Gasteiger charge is 2.38. The molecule has 1 fully saturated rings. The van der Waals surface area contributed by atoms with Crippen molar-refractivity contribution in [1.82, 2.24) is 4.90 Å². The zero-order valence-electron chi connectivity index (χ0n) is 10.3. The summed E-state index contributed by atoms with van der Waals surface area (Å²) in [5.41, 5.74) is 5.66. The van der Waals surface area contributed by atoms with Gasteiger partial charge in [-0.2, -0.15) is 0 Å². The van der Waals surface area contributed by atoms with E-state index in [-0.39, 0.29) is 11.7 Å². The fourth-order valence-electron chi connectivity index (χ4n) is 2.30. The van der Waals surface area contributed by atoms with Gasteiger partial charge in [-0.25, -0.2) is 4.39 Å². The molecule has 5 heteroatoms. The second-order valence-electron chi connectivity index (χ2n) is 5.17. The first-order chi connectivity index (χ1) is 8.40. The predicted octanol–water partition coefficient (Wildman–Crippen LogP) is 1.23. The molecule has 0 radical (unpaired) electrons. The Morgan fingerprint density at radius 2 is 2.33 bits per heavy atom. The quantitative estimate of drug-likeness (QED) is 0.850. The number of hydrogen-bond donors (Lipinski definition) is 2. The second-order valence-corrected chi connectivity index (χ2v) is 5.17. The van der Waals surface area contributed by atoms with Crippen LogP contribution < -0.4 is 5.73 Å². The molecule has 3 N–H and O–H groups in total. The third kappa shape index (κ3) is 2.46. The van der Waals surface area contributed by atoms with Gasteiger partial charge in [0.2, 0.25) is 5.91 Å². The Labute approximate surface area is 105 Å². The van der Waals surface area contributed by atoms with E-state index in [1.165, 1.54) is 12.1 Å². The van der Waals surface area contributed by atoms with Crippen LogP contribution in [0.25, 0.3) is 0 Å². The number of amides is 1. The van der Waals surface area contributed by atoms with E-state index in [9.17, 15) is 9.18 Å². The molecule has 0 aromatic heterocycles. The number of phenols is 1. The molecule has 4 nitrogen and oxygen atoms in total. The van der Waals surface area contributed by atoms with E-state index >= 15 is 0 Å². The average molecular weight is 252 g/mol. The number of carbonyl (C=O) groups excluding carboxylic acids is 1. The van der Waals surface area contributed by atoms with Gasteiger partial charge in [0.1, 0.15) is 0 Å². The van der Waals surface area contributed by atoms with Crippen LogP contribution in [0.5, 0.6) is 5.75 Å². The Morgan fingerprint density at radius 3 is 2.89 bits per heavy atom. The molecule has 1 aromatic carbocycles. The van der Waals surface area contributed by atoms with E-state index in [4.69, 9.17) is 10.8 Å². The van der Waals surface area contributed by atoms with Gasteiger partial charge in [-0.05, 0) is 37.6 Å². The number of nitrogens with two attached hydrogens (primary N) is 1. The standard InChI is InChI=1S/C13H17FN2O2/c1-13(12(15)18)4-5-16(8-13)7-9-2-3-11(17)10(14)6-9/h2-3,6,17H,4-5,7-8H2,1H3,(H2,15,18). The van der Waals surface area contributed by atoms with Gasteiger partial charge in [0.15, 0.2) is 11.6 Å². The molecule has 0 bridgehead atoms. The summed E-state index contributed by atoms with van der Waals surface area (Å²) < 4.78 is 13.2. The lowest BCUT2D eigenvalue weighted by atomic mass is 9.89. The Morgan fingerprint density at radius 1 is 1.61 bits per heavy atom. The van der Waals surface area contributed by atoms with E-state index in [2.05, 4.69) is 4.90 Å². The molecular weight excluding hydrogens is 235 g/mol. The van der Waals surface area contributed by atoms with Crippen LogP contribution in [0.4, 0.5) is 4.39 Å². The Hall–Kier alpha value is -1.62. The maximum atomic E-state index is 13.2. The van der Waals surface area contributed by atoms with Crippen molar-refractivity contribution in [2.75, 3.05) is 13.1 Å². The van der Waals surface area contributed by atoms with Crippen LogP contribution in [-0.4, -0.2) is 29.0 Å². The minimum absolute atomic E-state index is 0.290. The van der Waals surface area contributed by atoms with Crippen molar-refractivity contribution >= 4 is 5.91 Å². The largest absolute Gasteiger partial charge is 0.505 e. The van der Waals surface area contributed by atoms with Crippen LogP contribution in [0.3, 0.4) is 0 Å². The molecule has 1 heterocycles. The summed E-state index contributed by atoms with van der Waals surface area (Å²) in [4.78, 5) is 13.4. The molecule has 1 aromatic rings. The van der Waals surface area contributed by atoms with Gasteiger partial charge in [-0.15, -0.1) is 0 Å². The highest BCUT2D eigenvalue weighted by atomic mass is 19.1. The Balaban J connectivity index is 2.03. The number of halogens is 1. The molecule has 1 aliphatic heterocycles. The van der Waals surface area contributed by atoms with Gasteiger partial charge in [0, 0.05) is 13.1 Å². The van der Waals surface area contributed by atoms with Gasteiger partial charge in [0.05, 0.1) is 5.41 Å². The molecule has 0 aliphatic carbocycles. The molecule has 98 valence electrons. The van der Waals surface area contributed by atoms with E-state index in [0.717, 1.165) is 18.5 Å². The number of nitrogens with zero attached hydrogens (tertiary/aromatic N) is 1. The number of carbonyl (C=O) groups is 1. The van der Waals surface area contributed by atoms with E-state index in [1.54, 1.807) is 6.07 Å². The summed E-state index contributed by atoms with van der Waals surface area (Å²) in [6.45, 7) is 3.76. The van der Waals surface area contributed by atoms with Crippen molar-refractivity contribution in [3.05, 3.63) is 29.6 Å². The molecule has 0 saturated carbocycles. The summed E-state index contributed by atoms with van der Waals surface area (Å²) in [6.07, 6.45) is 0.725. The van der Waals surface area contributed by atoms with Crippen molar-refractivity contribution < 1.29 is 14.3 Å². The van der Waals surface area contributed by atoms with E-state index in [0.29, 0.717) is 13.1 Å². The van der Waals surface area contributed by atoms with Crippen molar-refractivity contribution in [2.24, 2.45) is 11.1 Å². The highest BCUT2D eigenvalue weighted by Crippen LogP contribution is 2.30. The summed E-state index contributed by atoms with van der Waals surface area (Å²) in [5, 5.41) is 9.11. The van der Waals surface area contributed by atoms with Crippen molar-refractivity contribution in [3.8, 4) is 5.75 Å². The molecule has 0 spiro atoms. The molecule has 1 amide bonds. The normalized spacial score (nSPS) is 24.3. The predicted molar refractivity (Wildman–Crippen MR) is 65.3 cm³/mol. The van der Waals surface area contributed by atoms with Gasteiger partial charge in [-0.1, -0.05) is 6.07 Å². The van der Waals surface area contributed by atoms with Crippen LogP contribution in [0.2, 0.25) is 0 Å². The first-order valence-electron chi connectivity index (χ1n) is 5.90. The Bertz CT molecular complexity index is 478. The first kappa shape index (κ1) is 12.8. The summed E-state index contributed by atoms with van der Waals surface area (Å²) in [7, 11) is 0. The number of likely N-dealkylation sites (tertiary alicyclic amines) is 1. The number of benzene rings is 1. The number of phenolic OH excluding ortho intramolecular Hbond substituents is 1. The summed E-state index contributed by atoms with van der Waals surface area (Å²) >= 11 is 0. The molecule has 2 rings (SSSR count). The number of aromatic hydroxyl groups is 1. The third-order valence-corrected chi connectivity index (χ3v) is 3.57. The van der Waals surface area contributed by atoms with Gasteiger partial charge in [-0.3, -0.25) is 9.69 Å². The first-order valence-corrected chi connectivity index (χ1v) is 5.90. The lowest BCUT2D eigenvalue weighted by Crippen LogP contribution is -2.36. The number of primary amides is 1. The molecular formula is C13H17FN2O2. The molecule has 1 aliphatic rings. The summed E-state index contributed by atoms with van der Waals surface area (Å²) in [6, 6.07) is 4.33. The van der Waals surface area contributed by atoms with Crippen LogP contribution >= 0.6 is 0 Å². The molecule has 1 unspecified atom stereocenters. The van der Waals surface area contributed by atoms with Crippen molar-refractivity contribution in [1.29, 1.82) is 0 Å². The smallest absolute Gasteiger partial charge is 0.224 e. The Kier molecular flexibility index (Phi) is 3.26. The SMILES string of the molecule is CC1(C(N)=O)CCN(Cc2ccc(O)c(F)c2)C1. The zero-order chi connectivity index (χ0) is 13.3. The molecule has 1 atom stereocenters. The van der Waals surface area contributed by atoms with E-state index < -0.39 is 11.2 Å². The van der Waals surface area contributed by atoms with Gasteiger partial charge >= 0.3 is 0 Å². The topological polar surface area (TPSA) is 66.6 Å².